The molecule has 1 unspecified atom stereocenters. The predicted molar refractivity (Wildman–Crippen MR) is 63.2 cm³/mol. The van der Waals surface area contributed by atoms with E-state index in [4.69, 9.17) is 4.74 Å². The summed E-state index contributed by atoms with van der Waals surface area (Å²) in [5.41, 5.74) is 0. The SMILES string of the molecule is COC(=O)CC1CCCCN1CCC1CC1. The first-order valence-electron chi connectivity index (χ1n) is 6.60. The molecule has 1 aliphatic heterocycles. The molecule has 16 heavy (non-hydrogen) atoms. The summed E-state index contributed by atoms with van der Waals surface area (Å²) < 4.78 is 4.77. The fourth-order valence-electron chi connectivity index (χ4n) is 2.62. The average Bonchev–Trinajstić information content (AvgIpc) is 3.11. The third kappa shape index (κ3) is 3.48. The number of carbonyl (C=O) groups excluding carboxylic acids is 1. The van der Waals surface area contributed by atoms with Gasteiger partial charge in [-0.05, 0) is 38.3 Å². The van der Waals surface area contributed by atoms with Crippen LogP contribution >= 0.6 is 0 Å². The summed E-state index contributed by atoms with van der Waals surface area (Å²) in [6.45, 7) is 2.36. The lowest BCUT2D eigenvalue weighted by atomic mass is 9.99. The molecule has 1 heterocycles. The Hall–Kier alpha value is -0.570. The Morgan fingerprint density at radius 1 is 1.31 bits per heavy atom. The molecule has 2 aliphatic rings. The maximum atomic E-state index is 11.3. The van der Waals surface area contributed by atoms with E-state index >= 15 is 0 Å². The van der Waals surface area contributed by atoms with Crippen LogP contribution < -0.4 is 0 Å². The first kappa shape index (κ1) is 11.9. The molecular weight excluding hydrogens is 202 g/mol. The molecule has 1 saturated carbocycles. The van der Waals surface area contributed by atoms with E-state index in [2.05, 4.69) is 4.90 Å². The molecule has 0 N–H and O–H groups in total. The van der Waals surface area contributed by atoms with Gasteiger partial charge in [0.25, 0.3) is 0 Å². The molecule has 3 nitrogen and oxygen atoms in total. The van der Waals surface area contributed by atoms with Crippen molar-refractivity contribution < 1.29 is 9.53 Å². The quantitative estimate of drug-likeness (QED) is 0.672. The monoisotopic (exact) mass is 225 g/mol. The molecule has 1 aliphatic carbocycles. The minimum Gasteiger partial charge on any atom is -0.469 e. The highest BCUT2D eigenvalue weighted by atomic mass is 16.5. The summed E-state index contributed by atoms with van der Waals surface area (Å²) in [4.78, 5) is 13.8. The van der Waals surface area contributed by atoms with Gasteiger partial charge in [-0.25, -0.2) is 0 Å². The maximum Gasteiger partial charge on any atom is 0.307 e. The Balaban J connectivity index is 1.77. The van der Waals surface area contributed by atoms with Crippen molar-refractivity contribution in [2.45, 2.75) is 51.0 Å². The van der Waals surface area contributed by atoms with Gasteiger partial charge in [0.05, 0.1) is 13.5 Å². The fraction of sp³-hybridized carbons (Fsp3) is 0.923. The second kappa shape index (κ2) is 5.67. The van der Waals surface area contributed by atoms with Crippen molar-refractivity contribution in [2.75, 3.05) is 20.2 Å². The second-order valence-corrected chi connectivity index (χ2v) is 5.20. The lowest BCUT2D eigenvalue weighted by molar-refractivity contribution is -0.142. The molecule has 2 fully saturated rings. The van der Waals surface area contributed by atoms with Crippen molar-refractivity contribution >= 4 is 5.97 Å². The van der Waals surface area contributed by atoms with E-state index in [0.717, 1.165) is 5.92 Å². The minimum absolute atomic E-state index is 0.0525. The first-order valence-corrected chi connectivity index (χ1v) is 6.60. The number of hydrogen-bond donors (Lipinski definition) is 0. The van der Waals surface area contributed by atoms with Crippen LogP contribution in [0.4, 0.5) is 0 Å². The molecule has 1 saturated heterocycles. The number of rotatable bonds is 5. The molecule has 92 valence electrons. The van der Waals surface area contributed by atoms with Crippen LogP contribution in [0.15, 0.2) is 0 Å². The molecule has 3 heteroatoms. The van der Waals surface area contributed by atoms with Crippen molar-refractivity contribution in [2.24, 2.45) is 5.92 Å². The third-order valence-corrected chi connectivity index (χ3v) is 3.90. The first-order chi connectivity index (χ1) is 7.79. The number of esters is 1. The summed E-state index contributed by atoms with van der Waals surface area (Å²) in [5, 5.41) is 0. The Bertz CT molecular complexity index is 238. The van der Waals surface area contributed by atoms with Crippen LogP contribution in [0.5, 0.6) is 0 Å². The largest absolute Gasteiger partial charge is 0.469 e. The maximum absolute atomic E-state index is 11.3. The minimum atomic E-state index is -0.0525. The smallest absolute Gasteiger partial charge is 0.307 e. The number of carbonyl (C=O) groups is 1. The molecule has 0 aromatic carbocycles. The summed E-state index contributed by atoms with van der Waals surface area (Å²) in [7, 11) is 1.49. The standard InChI is InChI=1S/C13H23NO2/c1-16-13(15)10-12-4-2-3-8-14(12)9-7-11-5-6-11/h11-12H,2-10H2,1H3. The van der Waals surface area contributed by atoms with Gasteiger partial charge in [-0.1, -0.05) is 19.3 Å². The molecule has 1 atom stereocenters. The van der Waals surface area contributed by atoms with Gasteiger partial charge in [0.1, 0.15) is 0 Å². The molecule has 0 aromatic rings. The van der Waals surface area contributed by atoms with Crippen LogP contribution in [0, 0.1) is 5.92 Å². The number of ether oxygens (including phenoxy) is 1. The molecular formula is C13H23NO2. The summed E-state index contributed by atoms with van der Waals surface area (Å²) in [6, 6.07) is 0.444. The molecule has 0 aromatic heterocycles. The normalized spacial score (nSPS) is 26.7. The number of nitrogens with zero attached hydrogens (tertiary/aromatic N) is 1. The van der Waals surface area contributed by atoms with E-state index in [1.54, 1.807) is 0 Å². The number of hydrogen-bond acceptors (Lipinski definition) is 3. The van der Waals surface area contributed by atoms with Crippen molar-refractivity contribution in [1.82, 2.24) is 4.90 Å². The van der Waals surface area contributed by atoms with Crippen LogP contribution in [0.25, 0.3) is 0 Å². The fourth-order valence-corrected chi connectivity index (χ4v) is 2.62. The molecule has 2 rings (SSSR count). The molecule has 0 bridgehead atoms. The van der Waals surface area contributed by atoms with Gasteiger partial charge < -0.3 is 4.74 Å². The van der Waals surface area contributed by atoms with Gasteiger partial charge in [-0.15, -0.1) is 0 Å². The van der Waals surface area contributed by atoms with Crippen molar-refractivity contribution in [1.29, 1.82) is 0 Å². The molecule has 0 amide bonds. The van der Waals surface area contributed by atoms with Crippen molar-refractivity contribution in [3.05, 3.63) is 0 Å². The molecule has 0 radical (unpaired) electrons. The number of methoxy groups -OCH3 is 1. The van der Waals surface area contributed by atoms with Gasteiger partial charge in [0.2, 0.25) is 0 Å². The van der Waals surface area contributed by atoms with E-state index < -0.39 is 0 Å². The second-order valence-electron chi connectivity index (χ2n) is 5.20. The van der Waals surface area contributed by atoms with E-state index in [0.29, 0.717) is 12.5 Å². The van der Waals surface area contributed by atoms with Crippen molar-refractivity contribution in [3.63, 3.8) is 0 Å². The van der Waals surface area contributed by atoms with Crippen molar-refractivity contribution in [3.8, 4) is 0 Å². The van der Waals surface area contributed by atoms with Gasteiger partial charge in [0, 0.05) is 6.04 Å². The topological polar surface area (TPSA) is 29.5 Å². The summed E-state index contributed by atoms with van der Waals surface area (Å²) in [6.07, 6.45) is 8.49. The van der Waals surface area contributed by atoms with Gasteiger partial charge in [0.15, 0.2) is 0 Å². The summed E-state index contributed by atoms with van der Waals surface area (Å²) in [5.74, 6) is 0.934. The lowest BCUT2D eigenvalue weighted by Crippen LogP contribution is -2.41. The zero-order valence-corrected chi connectivity index (χ0v) is 10.3. The predicted octanol–water partition coefficient (Wildman–Crippen LogP) is 2.20. The van der Waals surface area contributed by atoms with Crippen LogP contribution in [0.1, 0.15) is 44.9 Å². The van der Waals surface area contributed by atoms with Gasteiger partial charge in [-0.2, -0.15) is 0 Å². The highest BCUT2D eigenvalue weighted by Gasteiger charge is 2.27. The van der Waals surface area contributed by atoms with E-state index in [-0.39, 0.29) is 5.97 Å². The van der Waals surface area contributed by atoms with Gasteiger partial charge in [-0.3, -0.25) is 9.69 Å². The van der Waals surface area contributed by atoms with Crippen LogP contribution in [-0.2, 0) is 9.53 Å². The summed E-state index contributed by atoms with van der Waals surface area (Å²) >= 11 is 0. The average molecular weight is 225 g/mol. The Morgan fingerprint density at radius 2 is 2.12 bits per heavy atom. The Labute approximate surface area is 98.1 Å². The lowest BCUT2D eigenvalue weighted by Gasteiger charge is -2.35. The zero-order valence-electron chi connectivity index (χ0n) is 10.3. The third-order valence-electron chi connectivity index (χ3n) is 3.90. The van der Waals surface area contributed by atoms with Crippen LogP contribution in [0.3, 0.4) is 0 Å². The Kier molecular flexibility index (Phi) is 4.22. The zero-order chi connectivity index (χ0) is 11.4. The van der Waals surface area contributed by atoms with Crippen LogP contribution in [0.2, 0.25) is 0 Å². The highest BCUT2D eigenvalue weighted by molar-refractivity contribution is 5.69. The highest BCUT2D eigenvalue weighted by Crippen LogP contribution is 2.33. The van der Waals surface area contributed by atoms with Gasteiger partial charge >= 0.3 is 5.97 Å². The van der Waals surface area contributed by atoms with E-state index in [9.17, 15) is 4.79 Å². The van der Waals surface area contributed by atoms with Crippen LogP contribution in [-0.4, -0.2) is 37.1 Å². The number of piperidine rings is 1. The Morgan fingerprint density at radius 3 is 2.81 bits per heavy atom. The molecule has 0 spiro atoms. The van der Waals surface area contributed by atoms with E-state index in [1.807, 2.05) is 0 Å². The van der Waals surface area contributed by atoms with E-state index in [1.165, 1.54) is 58.7 Å². The number of likely N-dealkylation sites (tertiary alicyclic amines) is 1.